The summed E-state index contributed by atoms with van der Waals surface area (Å²) in [4.78, 5) is 42.3. The summed E-state index contributed by atoms with van der Waals surface area (Å²) >= 11 is 0. The Morgan fingerprint density at radius 3 is 2.65 bits per heavy atom. The number of nitrogens with one attached hydrogen (secondary N) is 3. The zero-order chi connectivity index (χ0) is 18.5. The lowest BCUT2D eigenvalue weighted by Crippen LogP contribution is -2.20. The Hall–Kier alpha value is -3.29. The molecule has 3 aromatic rings. The number of hydrogen-bond donors (Lipinski definition) is 3. The standard InChI is InChI=1S/C18H20N6O2/c1-11-15(17(26)22-12(2)21-11)9-14-10-16(25)24-18(23-14)20-8-6-13-5-3-4-7-19-13/h3-5,7,10H,6,8-9H2,1-2H3,(H,21,22,26)(H2,20,23,24,25). The number of rotatable bonds is 6. The van der Waals surface area contributed by atoms with Crippen LogP contribution in [-0.4, -0.2) is 31.5 Å². The molecule has 0 fully saturated rings. The number of H-pyrrole nitrogens is 2. The quantitative estimate of drug-likeness (QED) is 0.612. The fraction of sp³-hybridized carbons (Fsp3) is 0.278. The SMILES string of the molecule is Cc1nc(C)c(Cc2cc(=O)[nH]c(NCCc3ccccn3)n2)c(=O)[nH]1. The highest BCUT2D eigenvalue weighted by atomic mass is 16.1. The summed E-state index contributed by atoms with van der Waals surface area (Å²) in [6.07, 6.45) is 2.69. The van der Waals surface area contributed by atoms with Gasteiger partial charge in [-0.25, -0.2) is 9.97 Å². The molecule has 0 aliphatic carbocycles. The molecule has 0 bridgehead atoms. The second kappa shape index (κ2) is 7.73. The van der Waals surface area contributed by atoms with Gasteiger partial charge >= 0.3 is 0 Å². The lowest BCUT2D eigenvalue weighted by molar-refractivity contribution is 0.895. The minimum absolute atomic E-state index is 0.207. The van der Waals surface area contributed by atoms with Crippen LogP contribution in [0.25, 0.3) is 0 Å². The van der Waals surface area contributed by atoms with Gasteiger partial charge in [-0.05, 0) is 26.0 Å². The smallest absolute Gasteiger partial charge is 0.254 e. The molecule has 0 aromatic carbocycles. The lowest BCUT2D eigenvalue weighted by atomic mass is 10.1. The molecule has 0 saturated carbocycles. The maximum absolute atomic E-state index is 12.1. The van der Waals surface area contributed by atoms with Gasteiger partial charge in [-0.2, -0.15) is 0 Å². The van der Waals surface area contributed by atoms with Gasteiger partial charge in [0.05, 0.1) is 5.69 Å². The molecule has 0 radical (unpaired) electrons. The van der Waals surface area contributed by atoms with Crippen molar-refractivity contribution in [2.75, 3.05) is 11.9 Å². The van der Waals surface area contributed by atoms with E-state index in [1.807, 2.05) is 18.2 Å². The third-order valence-corrected chi connectivity index (χ3v) is 3.89. The predicted octanol–water partition coefficient (Wildman–Crippen LogP) is 1.11. The van der Waals surface area contributed by atoms with Gasteiger partial charge in [-0.3, -0.25) is 19.6 Å². The molecular formula is C18H20N6O2. The van der Waals surface area contributed by atoms with Gasteiger partial charge in [0.2, 0.25) is 5.95 Å². The largest absolute Gasteiger partial charge is 0.355 e. The van der Waals surface area contributed by atoms with E-state index in [1.54, 1.807) is 20.0 Å². The van der Waals surface area contributed by atoms with E-state index in [9.17, 15) is 9.59 Å². The molecule has 26 heavy (non-hydrogen) atoms. The molecule has 0 aliphatic heterocycles. The Labute approximate surface area is 149 Å². The monoisotopic (exact) mass is 352 g/mol. The van der Waals surface area contributed by atoms with Gasteiger partial charge in [0.15, 0.2) is 0 Å². The zero-order valence-electron chi connectivity index (χ0n) is 14.7. The van der Waals surface area contributed by atoms with E-state index in [-0.39, 0.29) is 17.5 Å². The second-order valence-corrected chi connectivity index (χ2v) is 5.98. The van der Waals surface area contributed by atoms with Crippen molar-refractivity contribution in [3.05, 3.63) is 79.6 Å². The van der Waals surface area contributed by atoms with Crippen molar-refractivity contribution in [3.63, 3.8) is 0 Å². The Balaban J connectivity index is 1.74. The molecule has 0 unspecified atom stereocenters. The van der Waals surface area contributed by atoms with E-state index >= 15 is 0 Å². The van der Waals surface area contributed by atoms with E-state index < -0.39 is 0 Å². The van der Waals surface area contributed by atoms with Gasteiger partial charge in [0.1, 0.15) is 5.82 Å². The first-order valence-electron chi connectivity index (χ1n) is 8.31. The van der Waals surface area contributed by atoms with Crippen LogP contribution < -0.4 is 16.4 Å². The van der Waals surface area contributed by atoms with Crippen LogP contribution in [0.4, 0.5) is 5.95 Å². The van der Waals surface area contributed by atoms with Crippen LogP contribution in [0.15, 0.2) is 40.1 Å². The fourth-order valence-corrected chi connectivity index (χ4v) is 2.68. The Morgan fingerprint density at radius 1 is 1.08 bits per heavy atom. The van der Waals surface area contributed by atoms with Gasteiger partial charge in [-0.1, -0.05) is 6.07 Å². The molecule has 8 heteroatoms. The van der Waals surface area contributed by atoms with E-state index in [4.69, 9.17) is 0 Å². The minimum Gasteiger partial charge on any atom is -0.355 e. The summed E-state index contributed by atoms with van der Waals surface area (Å²) in [5.74, 6) is 0.935. The molecule has 0 aliphatic rings. The first-order valence-corrected chi connectivity index (χ1v) is 8.31. The summed E-state index contributed by atoms with van der Waals surface area (Å²) in [6, 6.07) is 7.12. The first kappa shape index (κ1) is 17.5. The second-order valence-electron chi connectivity index (χ2n) is 5.98. The van der Waals surface area contributed by atoms with E-state index in [0.717, 1.165) is 5.69 Å². The molecule has 3 rings (SSSR count). The van der Waals surface area contributed by atoms with E-state index in [1.165, 1.54) is 6.07 Å². The van der Waals surface area contributed by atoms with Crippen LogP contribution in [0.3, 0.4) is 0 Å². The molecule has 3 aromatic heterocycles. The number of anilines is 1. The first-order chi connectivity index (χ1) is 12.5. The van der Waals surface area contributed by atoms with Crippen LogP contribution in [0.1, 0.15) is 28.5 Å². The van der Waals surface area contributed by atoms with Crippen molar-refractivity contribution in [3.8, 4) is 0 Å². The van der Waals surface area contributed by atoms with Crippen LogP contribution in [0, 0.1) is 13.8 Å². The van der Waals surface area contributed by atoms with Crippen LogP contribution in [-0.2, 0) is 12.8 Å². The summed E-state index contributed by atoms with van der Waals surface area (Å²) in [5.41, 5.74) is 2.12. The highest BCUT2D eigenvalue weighted by Crippen LogP contribution is 2.07. The highest BCUT2D eigenvalue weighted by Gasteiger charge is 2.10. The van der Waals surface area contributed by atoms with Crippen molar-refractivity contribution in [2.45, 2.75) is 26.7 Å². The Morgan fingerprint density at radius 2 is 1.92 bits per heavy atom. The average molecular weight is 352 g/mol. The lowest BCUT2D eigenvalue weighted by Gasteiger charge is -2.08. The normalized spacial score (nSPS) is 10.7. The summed E-state index contributed by atoms with van der Waals surface area (Å²) in [5, 5.41) is 3.09. The Kier molecular flexibility index (Phi) is 5.21. The predicted molar refractivity (Wildman–Crippen MR) is 98.4 cm³/mol. The van der Waals surface area contributed by atoms with Crippen LogP contribution >= 0.6 is 0 Å². The average Bonchev–Trinajstić information content (AvgIpc) is 2.59. The molecule has 3 N–H and O–H groups in total. The van der Waals surface area contributed by atoms with Gasteiger partial charge in [-0.15, -0.1) is 0 Å². The molecule has 0 atom stereocenters. The third kappa shape index (κ3) is 4.41. The van der Waals surface area contributed by atoms with Crippen LogP contribution in [0.2, 0.25) is 0 Å². The molecular weight excluding hydrogens is 332 g/mol. The molecule has 0 amide bonds. The third-order valence-electron chi connectivity index (χ3n) is 3.89. The van der Waals surface area contributed by atoms with Gasteiger partial charge in [0, 0.05) is 48.6 Å². The number of aromatic nitrogens is 5. The molecule has 134 valence electrons. The summed E-state index contributed by atoms with van der Waals surface area (Å²) in [7, 11) is 0. The van der Waals surface area contributed by atoms with E-state index in [0.29, 0.717) is 41.7 Å². The van der Waals surface area contributed by atoms with Crippen molar-refractivity contribution in [2.24, 2.45) is 0 Å². The van der Waals surface area contributed by atoms with Crippen molar-refractivity contribution >= 4 is 5.95 Å². The topological polar surface area (TPSA) is 116 Å². The van der Waals surface area contributed by atoms with Crippen LogP contribution in [0.5, 0.6) is 0 Å². The number of hydrogen-bond acceptors (Lipinski definition) is 6. The van der Waals surface area contributed by atoms with Gasteiger partial charge in [0.25, 0.3) is 11.1 Å². The Bertz CT molecular complexity index is 1010. The minimum atomic E-state index is -0.274. The molecule has 3 heterocycles. The molecule has 0 saturated heterocycles. The van der Waals surface area contributed by atoms with E-state index in [2.05, 4.69) is 30.2 Å². The number of pyridine rings is 1. The number of aromatic amines is 2. The van der Waals surface area contributed by atoms with Crippen molar-refractivity contribution in [1.82, 2.24) is 24.9 Å². The maximum atomic E-state index is 12.1. The van der Waals surface area contributed by atoms with Crippen molar-refractivity contribution in [1.29, 1.82) is 0 Å². The van der Waals surface area contributed by atoms with Gasteiger partial charge < -0.3 is 10.3 Å². The zero-order valence-corrected chi connectivity index (χ0v) is 14.7. The molecule has 0 spiro atoms. The summed E-state index contributed by atoms with van der Waals surface area (Å²) in [6.45, 7) is 4.08. The number of aryl methyl sites for hydroxylation is 2. The summed E-state index contributed by atoms with van der Waals surface area (Å²) < 4.78 is 0. The maximum Gasteiger partial charge on any atom is 0.254 e. The molecule has 8 nitrogen and oxygen atoms in total. The highest BCUT2D eigenvalue weighted by molar-refractivity contribution is 5.29. The number of nitrogens with zero attached hydrogens (tertiary/aromatic N) is 3. The van der Waals surface area contributed by atoms with Crippen molar-refractivity contribution < 1.29 is 0 Å². The fourth-order valence-electron chi connectivity index (χ4n) is 2.68.